The van der Waals surface area contributed by atoms with Crippen molar-refractivity contribution in [3.05, 3.63) is 58.4 Å². The number of benzene rings is 2. The molecule has 21 heavy (non-hydrogen) atoms. The number of hydrogen-bond donors (Lipinski definition) is 1. The maximum atomic E-state index is 13.4. The van der Waals surface area contributed by atoms with E-state index < -0.39 is 0 Å². The molecular weight excluding hydrogens is 289 g/mol. The fraction of sp³-hybridized carbons (Fsp3) is 0.294. The predicted octanol–water partition coefficient (Wildman–Crippen LogP) is 5.08. The number of nitrogens with one attached hydrogen (secondary N) is 1. The molecule has 112 valence electrons. The molecule has 0 fully saturated rings. The minimum atomic E-state index is -0.316. The molecule has 1 N–H and O–H groups in total. The summed E-state index contributed by atoms with van der Waals surface area (Å²) in [4.78, 5) is 0. The van der Waals surface area contributed by atoms with Crippen LogP contribution >= 0.6 is 11.6 Å². The Kier molecular flexibility index (Phi) is 5.59. The van der Waals surface area contributed by atoms with E-state index in [1.165, 1.54) is 12.1 Å². The summed E-state index contributed by atoms with van der Waals surface area (Å²) >= 11 is 6.25. The first kappa shape index (κ1) is 15.8. The third-order valence-electron chi connectivity index (χ3n) is 3.17. The van der Waals surface area contributed by atoms with Gasteiger partial charge in [-0.2, -0.15) is 0 Å². The Morgan fingerprint density at radius 2 is 2.00 bits per heavy atom. The molecule has 0 unspecified atom stereocenters. The van der Waals surface area contributed by atoms with Crippen molar-refractivity contribution in [3.63, 3.8) is 0 Å². The molecule has 0 saturated carbocycles. The molecule has 0 atom stereocenters. The third kappa shape index (κ3) is 4.19. The highest BCUT2D eigenvalue weighted by atomic mass is 35.5. The maximum Gasteiger partial charge on any atom is 0.133 e. The number of halogens is 2. The van der Waals surface area contributed by atoms with Crippen LogP contribution in [0.15, 0.2) is 36.4 Å². The van der Waals surface area contributed by atoms with Crippen molar-refractivity contribution >= 4 is 11.6 Å². The van der Waals surface area contributed by atoms with E-state index in [1.807, 2.05) is 25.1 Å². The van der Waals surface area contributed by atoms with Crippen LogP contribution < -0.4 is 10.1 Å². The Labute approximate surface area is 129 Å². The zero-order valence-electron chi connectivity index (χ0n) is 12.2. The van der Waals surface area contributed by atoms with E-state index in [-0.39, 0.29) is 5.82 Å². The van der Waals surface area contributed by atoms with Crippen LogP contribution in [0.3, 0.4) is 0 Å². The lowest BCUT2D eigenvalue weighted by molar-refractivity contribution is 0.464. The van der Waals surface area contributed by atoms with Crippen LogP contribution in [0.5, 0.6) is 11.5 Å². The van der Waals surface area contributed by atoms with Crippen molar-refractivity contribution in [3.8, 4) is 11.5 Å². The van der Waals surface area contributed by atoms with Crippen LogP contribution in [0.2, 0.25) is 5.02 Å². The summed E-state index contributed by atoms with van der Waals surface area (Å²) in [7, 11) is 0. The molecular formula is C17H19ClFNO. The van der Waals surface area contributed by atoms with Gasteiger partial charge in [0.1, 0.15) is 17.3 Å². The zero-order chi connectivity index (χ0) is 15.2. The molecule has 0 heterocycles. The fourth-order valence-electron chi connectivity index (χ4n) is 2.00. The summed E-state index contributed by atoms with van der Waals surface area (Å²) in [5.74, 6) is 0.845. The van der Waals surface area contributed by atoms with E-state index in [0.29, 0.717) is 23.1 Å². The minimum absolute atomic E-state index is 0.316. The zero-order valence-corrected chi connectivity index (χ0v) is 13.0. The van der Waals surface area contributed by atoms with E-state index in [0.717, 1.165) is 24.1 Å². The van der Waals surface area contributed by atoms with Crippen molar-refractivity contribution < 1.29 is 9.13 Å². The third-order valence-corrected chi connectivity index (χ3v) is 3.53. The first-order valence-electron chi connectivity index (χ1n) is 7.04. The Bertz CT molecular complexity index is 616. The molecule has 0 spiro atoms. The second-order valence-electron chi connectivity index (χ2n) is 4.91. The first-order valence-corrected chi connectivity index (χ1v) is 7.41. The highest BCUT2D eigenvalue weighted by Crippen LogP contribution is 2.32. The van der Waals surface area contributed by atoms with Crippen molar-refractivity contribution in [1.29, 1.82) is 0 Å². The number of rotatable bonds is 6. The molecule has 0 aliphatic heterocycles. The molecule has 0 saturated heterocycles. The molecule has 2 nitrogen and oxygen atoms in total. The summed E-state index contributed by atoms with van der Waals surface area (Å²) in [6.07, 6.45) is 1.05. The summed E-state index contributed by atoms with van der Waals surface area (Å²) in [6.45, 7) is 5.52. The van der Waals surface area contributed by atoms with Gasteiger partial charge in [-0.15, -0.1) is 0 Å². The van der Waals surface area contributed by atoms with Gasteiger partial charge < -0.3 is 10.1 Å². The molecule has 0 aromatic heterocycles. The van der Waals surface area contributed by atoms with E-state index >= 15 is 0 Å². The second kappa shape index (κ2) is 7.43. The Morgan fingerprint density at radius 1 is 1.19 bits per heavy atom. The van der Waals surface area contributed by atoms with E-state index in [4.69, 9.17) is 16.3 Å². The van der Waals surface area contributed by atoms with Gasteiger partial charge in [0.25, 0.3) is 0 Å². The SMILES string of the molecule is CCCNCc1c(Cl)cccc1Oc1cc(F)ccc1C. The van der Waals surface area contributed by atoms with Crippen LogP contribution in [-0.2, 0) is 6.54 Å². The second-order valence-corrected chi connectivity index (χ2v) is 5.31. The summed E-state index contributed by atoms with van der Waals surface area (Å²) in [5, 5.41) is 3.95. The van der Waals surface area contributed by atoms with Gasteiger partial charge in [-0.3, -0.25) is 0 Å². The van der Waals surface area contributed by atoms with Gasteiger partial charge in [-0.05, 0) is 43.7 Å². The molecule has 4 heteroatoms. The quantitative estimate of drug-likeness (QED) is 0.751. The van der Waals surface area contributed by atoms with Crippen molar-refractivity contribution in [2.45, 2.75) is 26.8 Å². The predicted molar refractivity (Wildman–Crippen MR) is 84.7 cm³/mol. The summed E-state index contributed by atoms with van der Waals surface area (Å²) in [5.41, 5.74) is 1.76. The molecule has 0 aliphatic rings. The Morgan fingerprint density at radius 3 is 2.76 bits per heavy atom. The van der Waals surface area contributed by atoms with Crippen molar-refractivity contribution in [2.24, 2.45) is 0 Å². The lowest BCUT2D eigenvalue weighted by atomic mass is 10.2. The Balaban J connectivity index is 2.26. The molecule has 2 aromatic rings. The van der Waals surface area contributed by atoms with Gasteiger partial charge in [0.05, 0.1) is 0 Å². The largest absolute Gasteiger partial charge is 0.457 e. The van der Waals surface area contributed by atoms with Crippen molar-refractivity contribution in [2.75, 3.05) is 6.54 Å². The van der Waals surface area contributed by atoms with E-state index in [1.54, 1.807) is 6.07 Å². The fourth-order valence-corrected chi connectivity index (χ4v) is 2.23. The van der Waals surface area contributed by atoms with Gasteiger partial charge in [-0.1, -0.05) is 30.7 Å². The van der Waals surface area contributed by atoms with Crippen LogP contribution in [0.25, 0.3) is 0 Å². The van der Waals surface area contributed by atoms with Crippen LogP contribution in [0, 0.1) is 12.7 Å². The number of hydrogen-bond acceptors (Lipinski definition) is 2. The molecule has 0 amide bonds. The van der Waals surface area contributed by atoms with Crippen molar-refractivity contribution in [1.82, 2.24) is 5.32 Å². The first-order chi connectivity index (χ1) is 10.1. The standard InChI is InChI=1S/C17H19ClFNO/c1-3-9-20-11-14-15(18)5-4-6-16(14)21-17-10-13(19)8-7-12(17)2/h4-8,10,20H,3,9,11H2,1-2H3. The topological polar surface area (TPSA) is 21.3 Å². The van der Waals surface area contributed by atoms with E-state index in [9.17, 15) is 4.39 Å². The molecule has 2 aromatic carbocycles. The van der Waals surface area contributed by atoms with Gasteiger partial charge in [-0.25, -0.2) is 4.39 Å². The van der Waals surface area contributed by atoms with Gasteiger partial charge in [0.2, 0.25) is 0 Å². The molecule has 2 rings (SSSR count). The normalized spacial score (nSPS) is 10.7. The van der Waals surface area contributed by atoms with Gasteiger partial charge in [0.15, 0.2) is 0 Å². The average molecular weight is 308 g/mol. The smallest absolute Gasteiger partial charge is 0.133 e. The van der Waals surface area contributed by atoms with E-state index in [2.05, 4.69) is 12.2 Å². The lowest BCUT2D eigenvalue weighted by Gasteiger charge is -2.14. The maximum absolute atomic E-state index is 13.4. The Hall–Kier alpha value is -1.58. The highest BCUT2D eigenvalue weighted by molar-refractivity contribution is 6.31. The highest BCUT2D eigenvalue weighted by Gasteiger charge is 2.10. The summed E-state index contributed by atoms with van der Waals surface area (Å²) in [6, 6.07) is 10.0. The van der Waals surface area contributed by atoms with Gasteiger partial charge >= 0.3 is 0 Å². The minimum Gasteiger partial charge on any atom is -0.457 e. The molecule has 0 bridgehead atoms. The van der Waals surface area contributed by atoms with Gasteiger partial charge in [0, 0.05) is 23.2 Å². The number of ether oxygens (including phenoxy) is 1. The molecule has 0 radical (unpaired) electrons. The monoisotopic (exact) mass is 307 g/mol. The average Bonchev–Trinajstić information content (AvgIpc) is 2.46. The lowest BCUT2D eigenvalue weighted by Crippen LogP contribution is -2.14. The molecule has 0 aliphatic carbocycles. The van der Waals surface area contributed by atoms with Crippen LogP contribution in [0.4, 0.5) is 4.39 Å². The number of aryl methyl sites for hydroxylation is 1. The van der Waals surface area contributed by atoms with Crippen LogP contribution in [-0.4, -0.2) is 6.54 Å². The summed E-state index contributed by atoms with van der Waals surface area (Å²) < 4.78 is 19.2. The van der Waals surface area contributed by atoms with Crippen LogP contribution in [0.1, 0.15) is 24.5 Å².